The Bertz CT molecular complexity index is 261. The molecule has 2 fully saturated rings. The number of carbonyl (C=O) groups is 1. The van der Waals surface area contributed by atoms with Crippen molar-refractivity contribution in [1.82, 2.24) is 0 Å². The van der Waals surface area contributed by atoms with Crippen LogP contribution in [0.4, 0.5) is 0 Å². The van der Waals surface area contributed by atoms with Crippen LogP contribution in [-0.2, 0) is 4.79 Å². The summed E-state index contributed by atoms with van der Waals surface area (Å²) in [6.45, 7) is 0. The Labute approximate surface area is 85.3 Å². The maximum atomic E-state index is 11.1. The minimum atomic E-state index is -0.249. The first kappa shape index (κ1) is 9.71. The third kappa shape index (κ3) is 1.56. The predicted molar refractivity (Wildman–Crippen MR) is 53.5 cm³/mol. The summed E-state index contributed by atoms with van der Waals surface area (Å²) in [4.78, 5) is 11.1. The predicted octanol–water partition coefficient (Wildman–Crippen LogP) is 2.83. The summed E-state index contributed by atoms with van der Waals surface area (Å²) in [6, 6.07) is 2.42. The monoisotopic (exact) mass is 191 g/mol. The van der Waals surface area contributed by atoms with E-state index in [1.165, 1.54) is 38.5 Å². The van der Waals surface area contributed by atoms with Gasteiger partial charge in [0.2, 0.25) is 0 Å². The van der Waals surface area contributed by atoms with E-state index in [-0.39, 0.29) is 11.2 Å². The van der Waals surface area contributed by atoms with E-state index in [2.05, 4.69) is 6.07 Å². The van der Waals surface area contributed by atoms with Crippen LogP contribution in [-0.4, -0.2) is 5.78 Å². The highest BCUT2D eigenvalue weighted by Gasteiger charge is 2.49. The van der Waals surface area contributed by atoms with Gasteiger partial charge in [-0.3, -0.25) is 4.79 Å². The molecule has 2 heteroatoms. The molecule has 2 nitrogen and oxygen atoms in total. The van der Waals surface area contributed by atoms with E-state index >= 15 is 0 Å². The van der Waals surface area contributed by atoms with Crippen LogP contribution in [0.15, 0.2) is 0 Å². The van der Waals surface area contributed by atoms with Crippen LogP contribution in [0.25, 0.3) is 0 Å². The highest BCUT2D eigenvalue weighted by Crippen LogP contribution is 2.49. The first-order valence-electron chi connectivity index (χ1n) is 5.70. The van der Waals surface area contributed by atoms with Gasteiger partial charge in [-0.25, -0.2) is 0 Å². The van der Waals surface area contributed by atoms with Gasteiger partial charge in [0.05, 0.1) is 11.5 Å². The minimum Gasteiger partial charge on any atom is -0.300 e. The van der Waals surface area contributed by atoms with Crippen molar-refractivity contribution in [1.29, 1.82) is 5.26 Å². The summed E-state index contributed by atoms with van der Waals surface area (Å²) in [7, 11) is 0. The number of hydrogen-bond acceptors (Lipinski definition) is 2. The molecule has 0 aromatic rings. The fraction of sp³-hybridized carbons (Fsp3) is 0.833. The lowest BCUT2D eigenvalue weighted by atomic mass is 9.59. The first-order chi connectivity index (χ1) is 6.77. The molecule has 0 spiro atoms. The van der Waals surface area contributed by atoms with Crippen LogP contribution in [0.3, 0.4) is 0 Å². The maximum Gasteiger partial charge on any atom is 0.136 e. The Morgan fingerprint density at radius 3 is 2.14 bits per heavy atom. The number of carbonyl (C=O) groups excluding carboxylic acids is 1. The fourth-order valence-corrected chi connectivity index (χ4v) is 2.94. The largest absolute Gasteiger partial charge is 0.300 e. The Hall–Kier alpha value is -0.840. The quantitative estimate of drug-likeness (QED) is 0.598. The van der Waals surface area contributed by atoms with E-state index in [1.54, 1.807) is 0 Å². The molecule has 0 radical (unpaired) electrons. The third-order valence-electron chi connectivity index (χ3n) is 3.88. The molecule has 0 atom stereocenters. The molecular formula is C12H17NO. The molecular weight excluding hydrogens is 174 g/mol. The van der Waals surface area contributed by atoms with Gasteiger partial charge < -0.3 is 0 Å². The number of rotatable bonds is 1. The number of Topliss-reactive ketones (excluding diaryl/α,β-unsaturated/α-hetero) is 1. The van der Waals surface area contributed by atoms with Crippen LogP contribution >= 0.6 is 0 Å². The van der Waals surface area contributed by atoms with E-state index in [0.717, 1.165) is 0 Å². The van der Waals surface area contributed by atoms with Crippen LogP contribution in [0.1, 0.15) is 51.4 Å². The SMILES string of the molecule is N#CC1(C2CCCCCC2)CC(=O)C1. The van der Waals surface area contributed by atoms with E-state index in [9.17, 15) is 10.1 Å². The Balaban J connectivity index is 2.04. The lowest BCUT2D eigenvalue weighted by Crippen LogP contribution is -2.42. The van der Waals surface area contributed by atoms with E-state index < -0.39 is 0 Å². The lowest BCUT2D eigenvalue weighted by Gasteiger charge is -2.40. The molecule has 0 unspecified atom stereocenters. The zero-order chi connectivity index (χ0) is 10.0. The average Bonchev–Trinajstić information content (AvgIpc) is 2.40. The van der Waals surface area contributed by atoms with Crippen molar-refractivity contribution in [2.24, 2.45) is 11.3 Å². The molecule has 2 aliphatic rings. The molecule has 2 rings (SSSR count). The van der Waals surface area contributed by atoms with Crippen LogP contribution in [0.2, 0.25) is 0 Å². The summed E-state index contributed by atoms with van der Waals surface area (Å²) in [6.07, 6.45) is 8.53. The Morgan fingerprint density at radius 1 is 1.14 bits per heavy atom. The van der Waals surface area contributed by atoms with Crippen molar-refractivity contribution in [3.63, 3.8) is 0 Å². The van der Waals surface area contributed by atoms with Crippen molar-refractivity contribution in [2.45, 2.75) is 51.4 Å². The number of hydrogen-bond donors (Lipinski definition) is 0. The van der Waals surface area contributed by atoms with Gasteiger partial charge in [-0.1, -0.05) is 25.7 Å². The van der Waals surface area contributed by atoms with E-state index in [4.69, 9.17) is 0 Å². The van der Waals surface area contributed by atoms with Gasteiger partial charge in [-0.05, 0) is 18.8 Å². The number of ketones is 1. The molecule has 14 heavy (non-hydrogen) atoms. The van der Waals surface area contributed by atoms with Gasteiger partial charge in [0.1, 0.15) is 5.78 Å². The van der Waals surface area contributed by atoms with E-state index in [0.29, 0.717) is 18.8 Å². The highest BCUT2D eigenvalue weighted by atomic mass is 16.1. The normalized spacial score (nSPS) is 27.5. The average molecular weight is 191 g/mol. The molecule has 0 aromatic carbocycles. The fourth-order valence-electron chi connectivity index (χ4n) is 2.94. The lowest BCUT2D eigenvalue weighted by molar-refractivity contribution is -0.132. The van der Waals surface area contributed by atoms with E-state index in [1.807, 2.05) is 0 Å². The molecule has 0 aliphatic heterocycles. The number of nitriles is 1. The summed E-state index contributed by atoms with van der Waals surface area (Å²) in [5.74, 6) is 0.795. The standard InChI is InChI=1S/C12H17NO/c13-9-12(7-11(14)8-12)10-5-3-1-2-4-6-10/h10H,1-8H2. The van der Waals surface area contributed by atoms with Crippen LogP contribution in [0.5, 0.6) is 0 Å². The molecule has 2 aliphatic carbocycles. The Kier molecular flexibility index (Phi) is 2.58. The van der Waals surface area contributed by atoms with Gasteiger partial charge in [-0.2, -0.15) is 5.26 Å². The van der Waals surface area contributed by atoms with Gasteiger partial charge in [0.15, 0.2) is 0 Å². The maximum absolute atomic E-state index is 11.1. The molecule has 0 saturated heterocycles. The van der Waals surface area contributed by atoms with Crippen molar-refractivity contribution in [3.05, 3.63) is 0 Å². The second kappa shape index (κ2) is 3.73. The van der Waals surface area contributed by atoms with Crippen LogP contribution < -0.4 is 0 Å². The first-order valence-corrected chi connectivity index (χ1v) is 5.70. The van der Waals surface area contributed by atoms with Gasteiger partial charge >= 0.3 is 0 Å². The molecule has 2 saturated carbocycles. The topological polar surface area (TPSA) is 40.9 Å². The van der Waals surface area contributed by atoms with Gasteiger partial charge in [0.25, 0.3) is 0 Å². The second-order valence-electron chi connectivity index (χ2n) is 4.85. The zero-order valence-electron chi connectivity index (χ0n) is 8.59. The third-order valence-corrected chi connectivity index (χ3v) is 3.88. The van der Waals surface area contributed by atoms with Crippen LogP contribution in [0, 0.1) is 22.7 Å². The van der Waals surface area contributed by atoms with Crippen molar-refractivity contribution in [2.75, 3.05) is 0 Å². The van der Waals surface area contributed by atoms with Gasteiger partial charge in [-0.15, -0.1) is 0 Å². The molecule has 0 N–H and O–H groups in total. The van der Waals surface area contributed by atoms with Gasteiger partial charge in [0, 0.05) is 12.8 Å². The molecule has 0 amide bonds. The summed E-state index contributed by atoms with van der Waals surface area (Å²) in [5.41, 5.74) is -0.249. The smallest absolute Gasteiger partial charge is 0.136 e. The van der Waals surface area contributed by atoms with Crippen molar-refractivity contribution in [3.8, 4) is 6.07 Å². The summed E-state index contributed by atoms with van der Waals surface area (Å²) >= 11 is 0. The number of nitrogens with zero attached hydrogens (tertiary/aromatic N) is 1. The molecule has 0 aromatic heterocycles. The minimum absolute atomic E-state index is 0.249. The highest BCUT2D eigenvalue weighted by molar-refractivity contribution is 5.87. The van der Waals surface area contributed by atoms with Crippen molar-refractivity contribution >= 4 is 5.78 Å². The second-order valence-corrected chi connectivity index (χ2v) is 4.85. The van der Waals surface area contributed by atoms with Crippen molar-refractivity contribution < 1.29 is 4.79 Å². The molecule has 0 heterocycles. The summed E-state index contributed by atoms with van der Waals surface area (Å²) in [5, 5.41) is 9.20. The molecule has 0 bridgehead atoms. The Morgan fingerprint density at radius 2 is 1.71 bits per heavy atom. The summed E-state index contributed by atoms with van der Waals surface area (Å²) < 4.78 is 0. The molecule has 76 valence electrons. The zero-order valence-corrected chi connectivity index (χ0v) is 8.59.